The van der Waals surface area contributed by atoms with Crippen LogP contribution in [0.15, 0.2) is 30.5 Å². The Balaban J connectivity index is 1.58. The lowest BCUT2D eigenvalue weighted by Crippen LogP contribution is -2.58. The molecule has 5 N–H and O–H groups in total. The van der Waals surface area contributed by atoms with Crippen LogP contribution in [0.3, 0.4) is 0 Å². The second-order valence-electron chi connectivity index (χ2n) is 5.76. The third-order valence-electron chi connectivity index (χ3n) is 4.11. The standard InChI is InChI=1S/C16H19NO7/c18-12(5-8-6-17-10-4-2-1-3-9(8)10)23-7-11-13(19)14(20)15(21)16(22)24-11/h1-4,6,11,13-17,19-22H,5,7H2/t11-,13-,14+,15-,16+/m1/s1. The van der Waals surface area contributed by atoms with E-state index in [4.69, 9.17) is 9.47 Å². The maximum atomic E-state index is 12.0. The summed E-state index contributed by atoms with van der Waals surface area (Å²) in [6.45, 7) is -0.344. The van der Waals surface area contributed by atoms with Crippen LogP contribution in [0.2, 0.25) is 0 Å². The molecule has 0 bridgehead atoms. The van der Waals surface area contributed by atoms with Gasteiger partial charge < -0.3 is 34.9 Å². The lowest BCUT2D eigenvalue weighted by molar-refractivity contribution is -0.287. The van der Waals surface area contributed by atoms with Crippen molar-refractivity contribution < 1.29 is 34.7 Å². The Morgan fingerprint density at radius 1 is 1.12 bits per heavy atom. The molecule has 0 spiro atoms. The molecule has 24 heavy (non-hydrogen) atoms. The topological polar surface area (TPSA) is 132 Å². The lowest BCUT2D eigenvalue weighted by atomic mass is 9.99. The molecule has 1 fully saturated rings. The Labute approximate surface area is 137 Å². The van der Waals surface area contributed by atoms with Gasteiger partial charge in [-0.05, 0) is 11.6 Å². The number of aliphatic hydroxyl groups is 4. The summed E-state index contributed by atoms with van der Waals surface area (Å²) in [4.78, 5) is 15.0. The van der Waals surface area contributed by atoms with Crippen LogP contribution < -0.4 is 0 Å². The Morgan fingerprint density at radius 3 is 2.67 bits per heavy atom. The van der Waals surface area contributed by atoms with Gasteiger partial charge in [-0.25, -0.2) is 0 Å². The maximum Gasteiger partial charge on any atom is 0.310 e. The molecular weight excluding hydrogens is 318 g/mol. The van der Waals surface area contributed by atoms with Crippen LogP contribution in [-0.2, 0) is 20.7 Å². The Kier molecular flexibility index (Phi) is 4.83. The van der Waals surface area contributed by atoms with E-state index in [1.807, 2.05) is 24.3 Å². The van der Waals surface area contributed by atoms with Crippen molar-refractivity contribution in [3.8, 4) is 0 Å². The van der Waals surface area contributed by atoms with Gasteiger partial charge in [-0.1, -0.05) is 18.2 Å². The number of fused-ring (bicyclic) bond motifs is 1. The molecule has 2 aromatic rings. The summed E-state index contributed by atoms with van der Waals surface area (Å²) < 4.78 is 10.0. The van der Waals surface area contributed by atoms with E-state index in [9.17, 15) is 25.2 Å². The molecule has 1 aliphatic rings. The molecule has 0 saturated carbocycles. The fourth-order valence-electron chi connectivity index (χ4n) is 2.73. The van der Waals surface area contributed by atoms with Gasteiger partial charge in [0.25, 0.3) is 0 Å². The van der Waals surface area contributed by atoms with E-state index < -0.39 is 36.7 Å². The largest absolute Gasteiger partial charge is 0.463 e. The van der Waals surface area contributed by atoms with Gasteiger partial charge in [0.1, 0.15) is 31.0 Å². The van der Waals surface area contributed by atoms with E-state index in [2.05, 4.69) is 4.98 Å². The first kappa shape index (κ1) is 16.9. The quantitative estimate of drug-likeness (QED) is 0.455. The number of carbonyl (C=O) groups is 1. The number of hydrogen-bond donors (Lipinski definition) is 5. The average Bonchev–Trinajstić information content (AvgIpc) is 2.98. The second kappa shape index (κ2) is 6.88. The van der Waals surface area contributed by atoms with Gasteiger partial charge in [0.05, 0.1) is 6.42 Å². The monoisotopic (exact) mass is 337 g/mol. The number of rotatable bonds is 4. The molecule has 1 saturated heterocycles. The van der Waals surface area contributed by atoms with Crippen molar-refractivity contribution in [3.05, 3.63) is 36.0 Å². The molecule has 0 unspecified atom stereocenters. The number of para-hydroxylation sites is 1. The Hall–Kier alpha value is -1.97. The van der Waals surface area contributed by atoms with E-state index in [1.54, 1.807) is 6.20 Å². The van der Waals surface area contributed by atoms with Crippen LogP contribution in [0.25, 0.3) is 10.9 Å². The van der Waals surface area contributed by atoms with Gasteiger partial charge in [-0.2, -0.15) is 0 Å². The summed E-state index contributed by atoms with van der Waals surface area (Å²) in [6.07, 6.45) is -5.68. The van der Waals surface area contributed by atoms with Gasteiger partial charge in [-0.3, -0.25) is 4.79 Å². The summed E-state index contributed by atoms with van der Waals surface area (Å²) in [5, 5.41) is 39.1. The predicted molar refractivity (Wildman–Crippen MR) is 81.9 cm³/mol. The first-order chi connectivity index (χ1) is 11.5. The number of carbonyl (C=O) groups excluding carboxylic acids is 1. The normalized spacial score (nSPS) is 30.4. The van der Waals surface area contributed by atoms with Crippen LogP contribution in [-0.4, -0.2) is 68.7 Å². The zero-order valence-corrected chi connectivity index (χ0v) is 12.7. The molecule has 1 aliphatic heterocycles. The number of ether oxygens (including phenoxy) is 2. The molecular formula is C16H19NO7. The zero-order chi connectivity index (χ0) is 17.3. The van der Waals surface area contributed by atoms with Gasteiger partial charge in [-0.15, -0.1) is 0 Å². The minimum Gasteiger partial charge on any atom is -0.463 e. The Morgan fingerprint density at radius 2 is 1.88 bits per heavy atom. The van der Waals surface area contributed by atoms with Crippen LogP contribution in [0.1, 0.15) is 5.56 Å². The number of aromatic nitrogens is 1. The molecule has 8 nitrogen and oxygen atoms in total. The molecule has 1 aromatic carbocycles. The van der Waals surface area contributed by atoms with Crippen molar-refractivity contribution in [1.29, 1.82) is 0 Å². The van der Waals surface area contributed by atoms with Crippen molar-refractivity contribution in [1.82, 2.24) is 4.98 Å². The number of hydrogen-bond acceptors (Lipinski definition) is 7. The highest BCUT2D eigenvalue weighted by Crippen LogP contribution is 2.21. The summed E-state index contributed by atoms with van der Waals surface area (Å²) in [6, 6.07) is 7.53. The van der Waals surface area contributed by atoms with Crippen molar-refractivity contribution in [2.24, 2.45) is 0 Å². The maximum absolute atomic E-state index is 12.0. The van der Waals surface area contributed by atoms with Gasteiger partial charge in [0.15, 0.2) is 6.29 Å². The van der Waals surface area contributed by atoms with Crippen molar-refractivity contribution in [3.63, 3.8) is 0 Å². The number of esters is 1. The van der Waals surface area contributed by atoms with Crippen LogP contribution in [0.5, 0.6) is 0 Å². The summed E-state index contributed by atoms with van der Waals surface area (Å²) in [5.74, 6) is -0.536. The molecule has 0 aliphatic carbocycles. The smallest absolute Gasteiger partial charge is 0.310 e. The SMILES string of the molecule is O=C(Cc1c[nH]c2ccccc12)OC[C@H]1O[C@H](O)[C@H](O)[C@@H](O)[C@@H]1O. The molecule has 2 heterocycles. The summed E-state index contributed by atoms with van der Waals surface area (Å²) in [5.41, 5.74) is 1.68. The zero-order valence-electron chi connectivity index (χ0n) is 12.7. The van der Waals surface area contributed by atoms with Gasteiger partial charge in [0.2, 0.25) is 0 Å². The van der Waals surface area contributed by atoms with Gasteiger partial charge in [0, 0.05) is 17.1 Å². The molecule has 1 aromatic heterocycles. The van der Waals surface area contributed by atoms with Crippen LogP contribution >= 0.6 is 0 Å². The highest BCUT2D eigenvalue weighted by Gasteiger charge is 2.43. The minimum absolute atomic E-state index is 0.0283. The fraction of sp³-hybridized carbons (Fsp3) is 0.438. The Bertz CT molecular complexity index is 715. The summed E-state index contributed by atoms with van der Waals surface area (Å²) in [7, 11) is 0. The second-order valence-corrected chi connectivity index (χ2v) is 5.76. The molecule has 0 amide bonds. The molecule has 5 atom stereocenters. The number of H-pyrrole nitrogens is 1. The minimum atomic E-state index is -1.65. The molecule has 130 valence electrons. The van der Waals surface area contributed by atoms with E-state index in [1.165, 1.54) is 0 Å². The van der Waals surface area contributed by atoms with E-state index in [-0.39, 0.29) is 13.0 Å². The lowest BCUT2D eigenvalue weighted by Gasteiger charge is -2.37. The van der Waals surface area contributed by atoms with E-state index >= 15 is 0 Å². The van der Waals surface area contributed by atoms with Gasteiger partial charge >= 0.3 is 5.97 Å². The van der Waals surface area contributed by atoms with Crippen molar-refractivity contribution in [2.45, 2.75) is 37.1 Å². The number of benzene rings is 1. The average molecular weight is 337 g/mol. The summed E-state index contributed by atoms with van der Waals surface area (Å²) >= 11 is 0. The molecule has 3 rings (SSSR count). The highest BCUT2D eigenvalue weighted by molar-refractivity contribution is 5.87. The van der Waals surface area contributed by atoms with Crippen molar-refractivity contribution in [2.75, 3.05) is 6.61 Å². The third-order valence-corrected chi connectivity index (χ3v) is 4.11. The van der Waals surface area contributed by atoms with E-state index in [0.717, 1.165) is 16.5 Å². The van der Waals surface area contributed by atoms with E-state index in [0.29, 0.717) is 0 Å². The molecule has 8 heteroatoms. The van der Waals surface area contributed by atoms with Crippen LogP contribution in [0, 0.1) is 0 Å². The predicted octanol–water partition coefficient (Wildman–Crippen LogP) is -0.947. The molecule has 0 radical (unpaired) electrons. The number of aromatic amines is 1. The third kappa shape index (κ3) is 3.28. The van der Waals surface area contributed by atoms with Crippen molar-refractivity contribution >= 4 is 16.9 Å². The fourth-order valence-corrected chi connectivity index (χ4v) is 2.73. The number of nitrogens with one attached hydrogen (secondary N) is 1. The first-order valence-electron chi connectivity index (χ1n) is 7.55. The van der Waals surface area contributed by atoms with Crippen LogP contribution in [0.4, 0.5) is 0 Å². The number of aliphatic hydroxyl groups excluding tert-OH is 4. The first-order valence-corrected chi connectivity index (χ1v) is 7.55. The highest BCUT2D eigenvalue weighted by atomic mass is 16.6.